The number of aryl methyl sites for hydroxylation is 2. The molecule has 4 rings (SSSR count). The van der Waals surface area contributed by atoms with Gasteiger partial charge in [-0.1, -0.05) is 29.8 Å². The molecule has 2 aromatic carbocycles. The number of aromatic nitrogens is 4. The van der Waals surface area contributed by atoms with Gasteiger partial charge in [0.2, 0.25) is 11.6 Å². The Morgan fingerprint density at radius 1 is 1.07 bits per heavy atom. The Bertz CT molecular complexity index is 1170. The average Bonchev–Trinajstić information content (AvgIpc) is 3.07. The average molecular weight is 360 g/mol. The van der Waals surface area contributed by atoms with Crippen molar-refractivity contribution in [2.24, 2.45) is 0 Å². The maximum Gasteiger partial charge on any atom is 0.354 e. The number of nitrogens with one attached hydrogen (secondary N) is 1. The third-order valence-corrected chi connectivity index (χ3v) is 4.30. The molecule has 8 nitrogen and oxygen atoms in total. The number of anilines is 2. The molecule has 0 aliphatic rings. The molecule has 0 atom stereocenters. The molecule has 0 unspecified atom stereocenters. The zero-order valence-corrected chi connectivity index (χ0v) is 14.7. The predicted molar refractivity (Wildman–Crippen MR) is 103 cm³/mol. The Morgan fingerprint density at radius 3 is 2.67 bits per heavy atom. The summed E-state index contributed by atoms with van der Waals surface area (Å²) in [5, 5.41) is 14.9. The first-order valence-corrected chi connectivity index (χ1v) is 8.30. The van der Waals surface area contributed by atoms with E-state index < -0.39 is 4.92 Å². The first-order chi connectivity index (χ1) is 13.0. The Hall–Kier alpha value is -3.81. The van der Waals surface area contributed by atoms with Gasteiger partial charge in [0.1, 0.15) is 12.7 Å². The molecule has 0 saturated carbocycles. The second-order valence-corrected chi connectivity index (χ2v) is 6.20. The summed E-state index contributed by atoms with van der Waals surface area (Å²) >= 11 is 0. The van der Waals surface area contributed by atoms with Crippen molar-refractivity contribution in [2.45, 2.75) is 13.8 Å². The number of imidazole rings is 1. The van der Waals surface area contributed by atoms with Gasteiger partial charge in [-0.15, -0.1) is 0 Å². The zero-order valence-electron chi connectivity index (χ0n) is 14.7. The van der Waals surface area contributed by atoms with Crippen molar-refractivity contribution in [1.82, 2.24) is 19.5 Å². The van der Waals surface area contributed by atoms with Crippen molar-refractivity contribution in [3.63, 3.8) is 0 Å². The lowest BCUT2D eigenvalue weighted by atomic mass is 10.1. The predicted octanol–water partition coefficient (Wildman–Crippen LogP) is 4.08. The third kappa shape index (κ3) is 2.97. The SMILES string of the molecule is Cc1ccc(Nc2ncnc(-n3cnc4ccccc43)c2[N+](=O)[O-])c(C)c1. The smallest absolute Gasteiger partial charge is 0.334 e. The highest BCUT2D eigenvalue weighted by atomic mass is 16.6. The van der Waals surface area contributed by atoms with Crippen LogP contribution < -0.4 is 5.32 Å². The monoisotopic (exact) mass is 360 g/mol. The van der Waals surface area contributed by atoms with Crippen LogP contribution in [0.25, 0.3) is 16.9 Å². The van der Waals surface area contributed by atoms with Crippen LogP contribution in [0.5, 0.6) is 0 Å². The van der Waals surface area contributed by atoms with E-state index in [-0.39, 0.29) is 17.3 Å². The highest BCUT2D eigenvalue weighted by Gasteiger charge is 2.25. The summed E-state index contributed by atoms with van der Waals surface area (Å²) in [4.78, 5) is 23.9. The zero-order chi connectivity index (χ0) is 19.0. The highest BCUT2D eigenvalue weighted by Crippen LogP contribution is 2.32. The lowest BCUT2D eigenvalue weighted by Crippen LogP contribution is -2.07. The van der Waals surface area contributed by atoms with Crippen LogP contribution in [0, 0.1) is 24.0 Å². The summed E-state index contributed by atoms with van der Waals surface area (Å²) in [5.74, 6) is 0.297. The summed E-state index contributed by atoms with van der Waals surface area (Å²) in [6.45, 7) is 3.93. The quantitative estimate of drug-likeness (QED) is 0.435. The van der Waals surface area contributed by atoms with Gasteiger partial charge in [0.25, 0.3) is 0 Å². The van der Waals surface area contributed by atoms with Gasteiger partial charge in [-0.05, 0) is 37.6 Å². The molecule has 134 valence electrons. The van der Waals surface area contributed by atoms with Crippen LogP contribution in [0.1, 0.15) is 11.1 Å². The fraction of sp³-hybridized carbons (Fsp3) is 0.105. The van der Waals surface area contributed by atoms with Crippen molar-refractivity contribution >= 4 is 28.2 Å². The molecule has 0 radical (unpaired) electrons. The molecule has 0 fully saturated rings. The van der Waals surface area contributed by atoms with Crippen LogP contribution in [0.4, 0.5) is 17.2 Å². The molecule has 0 aliphatic heterocycles. The van der Waals surface area contributed by atoms with Crippen LogP contribution in [0.3, 0.4) is 0 Å². The third-order valence-electron chi connectivity index (χ3n) is 4.30. The van der Waals surface area contributed by atoms with Crippen molar-refractivity contribution in [2.75, 3.05) is 5.32 Å². The van der Waals surface area contributed by atoms with E-state index in [4.69, 9.17) is 0 Å². The fourth-order valence-electron chi connectivity index (χ4n) is 3.01. The van der Waals surface area contributed by atoms with Crippen molar-refractivity contribution in [3.05, 3.63) is 76.4 Å². The number of nitro groups is 1. The van der Waals surface area contributed by atoms with Gasteiger partial charge in [-0.3, -0.25) is 14.7 Å². The normalized spacial score (nSPS) is 10.9. The van der Waals surface area contributed by atoms with Gasteiger partial charge in [0, 0.05) is 5.69 Å². The van der Waals surface area contributed by atoms with Gasteiger partial charge in [0.15, 0.2) is 0 Å². The highest BCUT2D eigenvalue weighted by molar-refractivity contribution is 5.80. The standard InChI is InChI=1S/C19H16N6O2/c1-12-7-8-14(13(2)9-12)23-18-17(25(26)27)19(21-10-20-18)24-11-22-15-5-3-4-6-16(15)24/h3-11H,1-2H3,(H,20,21,23). The minimum absolute atomic E-state index is 0.134. The summed E-state index contributed by atoms with van der Waals surface area (Å²) in [6.07, 6.45) is 2.84. The first kappa shape index (κ1) is 16.6. The number of rotatable bonds is 4. The van der Waals surface area contributed by atoms with E-state index in [9.17, 15) is 10.1 Å². The molecule has 2 aromatic heterocycles. The van der Waals surface area contributed by atoms with E-state index in [1.165, 1.54) is 12.7 Å². The van der Waals surface area contributed by atoms with Crippen molar-refractivity contribution in [1.29, 1.82) is 0 Å². The Balaban J connectivity index is 1.87. The van der Waals surface area contributed by atoms with Gasteiger partial charge in [0.05, 0.1) is 16.0 Å². The summed E-state index contributed by atoms with van der Waals surface area (Å²) in [7, 11) is 0. The molecule has 0 bridgehead atoms. The van der Waals surface area contributed by atoms with Gasteiger partial charge < -0.3 is 5.32 Å². The van der Waals surface area contributed by atoms with Crippen LogP contribution >= 0.6 is 0 Å². The number of nitrogens with zero attached hydrogens (tertiary/aromatic N) is 5. The second kappa shape index (κ2) is 6.49. The molecule has 27 heavy (non-hydrogen) atoms. The minimum Gasteiger partial charge on any atom is -0.334 e. The lowest BCUT2D eigenvalue weighted by Gasteiger charge is -2.11. The summed E-state index contributed by atoms with van der Waals surface area (Å²) < 4.78 is 1.60. The topological polar surface area (TPSA) is 98.8 Å². The maximum absolute atomic E-state index is 11.9. The number of hydrogen-bond donors (Lipinski definition) is 1. The minimum atomic E-state index is -0.476. The number of fused-ring (bicyclic) bond motifs is 1. The number of hydrogen-bond acceptors (Lipinski definition) is 6. The van der Waals surface area contributed by atoms with Crippen LogP contribution in [0.15, 0.2) is 55.1 Å². The molecule has 0 spiro atoms. The van der Waals surface area contributed by atoms with Crippen molar-refractivity contribution < 1.29 is 4.92 Å². The van der Waals surface area contributed by atoms with Crippen LogP contribution in [0.2, 0.25) is 0 Å². The molecule has 0 saturated heterocycles. The molecule has 8 heteroatoms. The van der Waals surface area contributed by atoms with Gasteiger partial charge in [-0.25, -0.2) is 15.0 Å². The van der Waals surface area contributed by atoms with Crippen LogP contribution in [-0.2, 0) is 0 Å². The molecule has 1 N–H and O–H groups in total. The van der Waals surface area contributed by atoms with Gasteiger partial charge >= 0.3 is 5.69 Å². The largest absolute Gasteiger partial charge is 0.354 e. The van der Waals surface area contributed by atoms with Gasteiger partial charge in [-0.2, -0.15) is 0 Å². The van der Waals surface area contributed by atoms with E-state index in [0.717, 1.165) is 27.8 Å². The molecular weight excluding hydrogens is 344 g/mol. The Labute approximate surface area is 154 Å². The Kier molecular flexibility index (Phi) is 4.00. The van der Waals surface area contributed by atoms with Crippen LogP contribution in [-0.4, -0.2) is 24.4 Å². The maximum atomic E-state index is 11.9. The molecule has 0 amide bonds. The van der Waals surface area contributed by atoms with E-state index in [1.54, 1.807) is 4.57 Å². The summed E-state index contributed by atoms with van der Waals surface area (Å²) in [5.41, 5.74) is 4.09. The molecule has 0 aliphatic carbocycles. The van der Waals surface area contributed by atoms with E-state index in [0.29, 0.717) is 0 Å². The Morgan fingerprint density at radius 2 is 1.89 bits per heavy atom. The second-order valence-electron chi connectivity index (χ2n) is 6.20. The fourth-order valence-corrected chi connectivity index (χ4v) is 3.01. The number of para-hydroxylation sites is 2. The number of benzene rings is 2. The first-order valence-electron chi connectivity index (χ1n) is 8.30. The molecular formula is C19H16N6O2. The molecule has 4 aromatic rings. The molecule has 2 heterocycles. The van der Waals surface area contributed by atoms with Crippen molar-refractivity contribution in [3.8, 4) is 5.82 Å². The lowest BCUT2D eigenvalue weighted by molar-refractivity contribution is -0.384. The summed E-state index contributed by atoms with van der Waals surface area (Å²) in [6, 6.07) is 13.2. The van der Waals surface area contributed by atoms with E-state index in [1.807, 2.05) is 56.3 Å². The van der Waals surface area contributed by atoms with E-state index >= 15 is 0 Å². The van der Waals surface area contributed by atoms with E-state index in [2.05, 4.69) is 20.3 Å².